The lowest BCUT2D eigenvalue weighted by Crippen LogP contribution is -2.36. The molecule has 0 aliphatic heterocycles. The summed E-state index contributed by atoms with van der Waals surface area (Å²) in [5.41, 5.74) is 0.733. The lowest BCUT2D eigenvalue weighted by Gasteiger charge is -2.28. The molecule has 0 spiro atoms. The van der Waals surface area contributed by atoms with E-state index in [1.807, 2.05) is 0 Å². The summed E-state index contributed by atoms with van der Waals surface area (Å²) in [5.74, 6) is -0.229. The zero-order valence-electron chi connectivity index (χ0n) is 11.5. The van der Waals surface area contributed by atoms with Gasteiger partial charge in [-0.05, 0) is 31.7 Å². The smallest absolute Gasteiger partial charge is 0.372 e. The summed E-state index contributed by atoms with van der Waals surface area (Å²) in [4.78, 5) is 13.3. The van der Waals surface area contributed by atoms with Gasteiger partial charge >= 0.3 is 5.97 Å². The fourth-order valence-electron chi connectivity index (χ4n) is 2.38. The second-order valence-corrected chi connectivity index (χ2v) is 5.12. The monoisotopic (exact) mass is 267 g/mol. The molecule has 0 aromatic carbocycles. The van der Waals surface area contributed by atoms with Gasteiger partial charge in [0.1, 0.15) is 0 Å². The van der Waals surface area contributed by atoms with Gasteiger partial charge < -0.3 is 14.3 Å². The van der Waals surface area contributed by atoms with Crippen LogP contribution in [0.4, 0.5) is 0 Å². The number of aromatic carboxylic acids is 1. The number of rotatable bonds is 8. The summed E-state index contributed by atoms with van der Waals surface area (Å²) in [6.45, 7) is 4.25. The predicted molar refractivity (Wildman–Crippen MR) is 70.1 cm³/mol. The first-order valence-corrected chi connectivity index (χ1v) is 6.66. The molecule has 0 bridgehead atoms. The fourth-order valence-corrected chi connectivity index (χ4v) is 2.38. The third-order valence-electron chi connectivity index (χ3n) is 3.78. The van der Waals surface area contributed by atoms with Crippen molar-refractivity contribution in [3.63, 3.8) is 0 Å². The number of carboxylic acid groups (broad SMARTS) is 1. The molecule has 5 heteroatoms. The zero-order chi connectivity index (χ0) is 13.8. The standard InChI is InChI=1S/C14H21NO4/c1-10(11-3-4-11)15(6-8-18-2)9-12-5-7-19-13(12)14(16)17/h5,7,10-11H,3-4,6,8-9H2,1-2H3,(H,16,17). The number of hydrogen-bond donors (Lipinski definition) is 1. The number of nitrogens with zero attached hydrogens (tertiary/aromatic N) is 1. The molecule has 2 rings (SSSR count). The van der Waals surface area contributed by atoms with Crippen molar-refractivity contribution in [2.45, 2.75) is 32.4 Å². The van der Waals surface area contributed by atoms with Gasteiger partial charge in [0, 0.05) is 31.8 Å². The Bertz CT molecular complexity index is 425. The van der Waals surface area contributed by atoms with Crippen molar-refractivity contribution in [2.24, 2.45) is 5.92 Å². The average Bonchev–Trinajstić information content (AvgIpc) is 3.12. The zero-order valence-corrected chi connectivity index (χ0v) is 11.5. The number of methoxy groups -OCH3 is 1. The number of ether oxygens (including phenoxy) is 1. The first-order chi connectivity index (χ1) is 9.13. The van der Waals surface area contributed by atoms with E-state index in [-0.39, 0.29) is 5.76 Å². The molecule has 1 N–H and O–H groups in total. The van der Waals surface area contributed by atoms with Gasteiger partial charge in [-0.15, -0.1) is 0 Å². The van der Waals surface area contributed by atoms with Gasteiger partial charge in [-0.2, -0.15) is 0 Å². The van der Waals surface area contributed by atoms with Crippen molar-refractivity contribution < 1.29 is 19.1 Å². The highest BCUT2D eigenvalue weighted by Gasteiger charge is 2.32. The first kappa shape index (κ1) is 14.1. The van der Waals surface area contributed by atoms with Crippen LogP contribution in [0.25, 0.3) is 0 Å². The average molecular weight is 267 g/mol. The Morgan fingerprint density at radius 1 is 1.63 bits per heavy atom. The summed E-state index contributed by atoms with van der Waals surface area (Å²) < 4.78 is 10.2. The van der Waals surface area contributed by atoms with Crippen LogP contribution >= 0.6 is 0 Å². The quantitative estimate of drug-likeness (QED) is 0.782. The van der Waals surface area contributed by atoms with Crippen LogP contribution < -0.4 is 0 Å². The Hall–Kier alpha value is -1.33. The molecule has 1 saturated carbocycles. The van der Waals surface area contributed by atoms with Crippen molar-refractivity contribution >= 4 is 5.97 Å². The maximum absolute atomic E-state index is 11.1. The summed E-state index contributed by atoms with van der Waals surface area (Å²) in [6, 6.07) is 2.19. The molecule has 0 radical (unpaired) electrons. The van der Waals surface area contributed by atoms with Crippen molar-refractivity contribution in [1.29, 1.82) is 0 Å². The van der Waals surface area contributed by atoms with Gasteiger partial charge in [-0.1, -0.05) is 0 Å². The van der Waals surface area contributed by atoms with Crippen LogP contribution in [0.3, 0.4) is 0 Å². The third kappa shape index (κ3) is 3.58. The second kappa shape index (κ2) is 6.21. The Morgan fingerprint density at radius 3 is 2.95 bits per heavy atom. The lowest BCUT2D eigenvalue weighted by molar-refractivity contribution is 0.0655. The molecule has 1 aromatic rings. The van der Waals surface area contributed by atoms with Crippen LogP contribution in [-0.2, 0) is 11.3 Å². The van der Waals surface area contributed by atoms with E-state index in [0.29, 0.717) is 19.2 Å². The third-order valence-corrected chi connectivity index (χ3v) is 3.78. The molecule has 1 fully saturated rings. The van der Waals surface area contributed by atoms with E-state index in [0.717, 1.165) is 18.0 Å². The normalized spacial score (nSPS) is 16.8. The van der Waals surface area contributed by atoms with Gasteiger partial charge in [-0.25, -0.2) is 4.79 Å². The predicted octanol–water partition coefficient (Wildman–Crippen LogP) is 2.22. The van der Waals surface area contributed by atoms with Crippen LogP contribution in [0.1, 0.15) is 35.9 Å². The van der Waals surface area contributed by atoms with Crippen molar-refractivity contribution in [2.75, 3.05) is 20.3 Å². The minimum atomic E-state index is -1.01. The molecule has 0 amide bonds. The molecular weight excluding hydrogens is 246 g/mol. The topological polar surface area (TPSA) is 62.9 Å². The van der Waals surface area contributed by atoms with Crippen LogP contribution in [0.5, 0.6) is 0 Å². The van der Waals surface area contributed by atoms with E-state index in [2.05, 4.69) is 11.8 Å². The van der Waals surface area contributed by atoms with E-state index < -0.39 is 5.97 Å². The van der Waals surface area contributed by atoms with Crippen molar-refractivity contribution in [1.82, 2.24) is 4.90 Å². The maximum Gasteiger partial charge on any atom is 0.372 e. The number of carboxylic acids is 1. The Kier molecular flexibility index (Phi) is 4.61. The van der Waals surface area contributed by atoms with Gasteiger partial charge in [0.05, 0.1) is 12.9 Å². The van der Waals surface area contributed by atoms with Crippen LogP contribution in [0.15, 0.2) is 16.7 Å². The van der Waals surface area contributed by atoms with Crippen molar-refractivity contribution in [3.8, 4) is 0 Å². The minimum Gasteiger partial charge on any atom is -0.475 e. The minimum absolute atomic E-state index is 0.0467. The molecule has 1 atom stereocenters. The molecular formula is C14H21NO4. The molecule has 106 valence electrons. The van der Waals surface area contributed by atoms with Crippen LogP contribution in [-0.4, -0.2) is 42.3 Å². The molecule has 1 aliphatic carbocycles. The van der Waals surface area contributed by atoms with Crippen molar-refractivity contribution in [3.05, 3.63) is 23.7 Å². The molecule has 1 aliphatic rings. The molecule has 1 heterocycles. The van der Waals surface area contributed by atoms with E-state index in [9.17, 15) is 4.79 Å². The number of furan rings is 1. The highest BCUT2D eigenvalue weighted by atomic mass is 16.5. The van der Waals surface area contributed by atoms with E-state index >= 15 is 0 Å². The van der Waals surface area contributed by atoms with Crippen LogP contribution in [0.2, 0.25) is 0 Å². The lowest BCUT2D eigenvalue weighted by atomic mass is 10.1. The summed E-state index contributed by atoms with van der Waals surface area (Å²) >= 11 is 0. The molecule has 1 aromatic heterocycles. The SMILES string of the molecule is COCCN(Cc1ccoc1C(=O)O)C(C)C1CC1. The maximum atomic E-state index is 11.1. The summed E-state index contributed by atoms with van der Waals surface area (Å²) in [6.07, 6.45) is 3.97. The van der Waals surface area contributed by atoms with E-state index in [1.165, 1.54) is 19.1 Å². The number of hydrogen-bond acceptors (Lipinski definition) is 4. The van der Waals surface area contributed by atoms with Gasteiger partial charge in [0.25, 0.3) is 0 Å². The molecule has 0 saturated heterocycles. The van der Waals surface area contributed by atoms with Gasteiger partial charge in [0.15, 0.2) is 0 Å². The summed E-state index contributed by atoms with van der Waals surface area (Å²) in [5, 5.41) is 9.07. The van der Waals surface area contributed by atoms with E-state index in [1.54, 1.807) is 13.2 Å². The first-order valence-electron chi connectivity index (χ1n) is 6.66. The Morgan fingerprint density at radius 2 is 2.37 bits per heavy atom. The Labute approximate surface area is 113 Å². The summed E-state index contributed by atoms with van der Waals surface area (Å²) in [7, 11) is 1.68. The number of carbonyl (C=O) groups is 1. The molecule has 5 nitrogen and oxygen atoms in total. The fraction of sp³-hybridized carbons (Fsp3) is 0.643. The van der Waals surface area contributed by atoms with Crippen LogP contribution in [0, 0.1) is 5.92 Å². The van der Waals surface area contributed by atoms with Gasteiger partial charge in [0.2, 0.25) is 5.76 Å². The van der Waals surface area contributed by atoms with Gasteiger partial charge in [-0.3, -0.25) is 4.90 Å². The highest BCUT2D eigenvalue weighted by Crippen LogP contribution is 2.35. The van der Waals surface area contributed by atoms with E-state index in [4.69, 9.17) is 14.3 Å². The molecule has 19 heavy (non-hydrogen) atoms. The second-order valence-electron chi connectivity index (χ2n) is 5.12. The highest BCUT2D eigenvalue weighted by molar-refractivity contribution is 5.86. The Balaban J connectivity index is 2.05. The largest absolute Gasteiger partial charge is 0.475 e. The molecule has 1 unspecified atom stereocenters.